The van der Waals surface area contributed by atoms with Crippen molar-refractivity contribution < 1.29 is 0 Å². The van der Waals surface area contributed by atoms with Gasteiger partial charge in [0.25, 0.3) is 0 Å². The summed E-state index contributed by atoms with van der Waals surface area (Å²) in [5.41, 5.74) is 1.37. The van der Waals surface area contributed by atoms with Crippen molar-refractivity contribution in [2.45, 2.75) is 45.1 Å². The monoisotopic (exact) mass is 391 g/mol. The van der Waals surface area contributed by atoms with Gasteiger partial charge in [-0.2, -0.15) is 0 Å². The van der Waals surface area contributed by atoms with Crippen LogP contribution in [-0.2, 0) is 0 Å². The molecule has 3 heteroatoms. The third-order valence-electron chi connectivity index (χ3n) is 4.48. The van der Waals surface area contributed by atoms with Gasteiger partial charge in [0.05, 0.1) is 0 Å². The summed E-state index contributed by atoms with van der Waals surface area (Å²) >= 11 is 8.61. The molecule has 1 aromatic rings. The van der Waals surface area contributed by atoms with Crippen LogP contribution in [0.2, 0.25) is 5.02 Å². The lowest BCUT2D eigenvalue weighted by atomic mass is 9.75. The zero-order valence-electron chi connectivity index (χ0n) is 11.8. The van der Waals surface area contributed by atoms with Crippen LogP contribution in [0.3, 0.4) is 0 Å². The standard InChI is InChI=1S/C16H23ClIN/c1-3-11-5-4-6-12(9-11)16(19-2)14-10-13(17)7-8-15(14)18/h7-8,10-12,16,19H,3-6,9H2,1-2H3. The number of rotatable bonds is 4. The van der Waals surface area contributed by atoms with Crippen LogP contribution < -0.4 is 5.32 Å². The zero-order valence-corrected chi connectivity index (χ0v) is 14.7. The quantitative estimate of drug-likeness (QED) is 0.676. The van der Waals surface area contributed by atoms with Crippen LogP contribution in [0.1, 0.15) is 50.6 Å². The summed E-state index contributed by atoms with van der Waals surface area (Å²) in [6, 6.07) is 6.69. The average Bonchev–Trinajstić information content (AvgIpc) is 2.44. The van der Waals surface area contributed by atoms with E-state index in [4.69, 9.17) is 11.6 Å². The van der Waals surface area contributed by atoms with E-state index in [9.17, 15) is 0 Å². The second-order valence-electron chi connectivity index (χ2n) is 5.63. The lowest BCUT2D eigenvalue weighted by Crippen LogP contribution is -2.30. The van der Waals surface area contributed by atoms with Gasteiger partial charge in [-0.05, 0) is 78.1 Å². The summed E-state index contributed by atoms with van der Waals surface area (Å²) < 4.78 is 1.32. The van der Waals surface area contributed by atoms with E-state index in [0.29, 0.717) is 6.04 Å². The first-order valence-corrected chi connectivity index (χ1v) is 8.73. The lowest BCUT2D eigenvalue weighted by Gasteiger charge is -2.35. The Hall–Kier alpha value is 0.200. The largest absolute Gasteiger partial charge is 0.313 e. The smallest absolute Gasteiger partial charge is 0.0410 e. The van der Waals surface area contributed by atoms with Crippen LogP contribution in [0.4, 0.5) is 0 Å². The van der Waals surface area contributed by atoms with Crippen molar-refractivity contribution in [1.82, 2.24) is 5.32 Å². The molecule has 0 bridgehead atoms. The maximum atomic E-state index is 6.18. The topological polar surface area (TPSA) is 12.0 Å². The molecule has 0 aromatic heterocycles. The minimum atomic E-state index is 0.444. The Balaban J connectivity index is 2.21. The molecule has 0 saturated heterocycles. The molecule has 2 rings (SSSR count). The van der Waals surface area contributed by atoms with Crippen molar-refractivity contribution in [1.29, 1.82) is 0 Å². The van der Waals surface area contributed by atoms with E-state index >= 15 is 0 Å². The van der Waals surface area contributed by atoms with Gasteiger partial charge in [-0.3, -0.25) is 0 Å². The Kier molecular flexibility index (Phi) is 5.97. The van der Waals surface area contributed by atoms with Crippen LogP contribution >= 0.6 is 34.2 Å². The highest BCUT2D eigenvalue weighted by Crippen LogP contribution is 2.39. The summed E-state index contributed by atoms with van der Waals surface area (Å²) in [5.74, 6) is 1.65. The SMILES string of the molecule is CCC1CCCC(C(NC)c2cc(Cl)ccc2I)C1. The molecule has 1 N–H and O–H groups in total. The molecule has 0 aliphatic heterocycles. The van der Waals surface area contributed by atoms with Gasteiger partial charge in [-0.1, -0.05) is 37.8 Å². The highest BCUT2D eigenvalue weighted by molar-refractivity contribution is 14.1. The summed E-state index contributed by atoms with van der Waals surface area (Å²) in [4.78, 5) is 0. The Labute approximate surface area is 135 Å². The van der Waals surface area contributed by atoms with Gasteiger partial charge in [-0.25, -0.2) is 0 Å². The molecule has 106 valence electrons. The van der Waals surface area contributed by atoms with Crippen molar-refractivity contribution in [3.05, 3.63) is 32.4 Å². The molecule has 0 heterocycles. The van der Waals surface area contributed by atoms with Gasteiger partial charge in [0.15, 0.2) is 0 Å². The third-order valence-corrected chi connectivity index (χ3v) is 5.69. The summed E-state index contributed by atoms with van der Waals surface area (Å²) in [7, 11) is 2.08. The van der Waals surface area contributed by atoms with Crippen molar-refractivity contribution in [3.8, 4) is 0 Å². The number of hydrogen-bond acceptors (Lipinski definition) is 1. The highest BCUT2D eigenvalue weighted by Gasteiger charge is 2.28. The van der Waals surface area contributed by atoms with Gasteiger partial charge < -0.3 is 5.32 Å². The van der Waals surface area contributed by atoms with Crippen LogP contribution in [0, 0.1) is 15.4 Å². The zero-order chi connectivity index (χ0) is 13.8. The molecular formula is C16H23ClIN. The fourth-order valence-corrected chi connectivity index (χ4v) is 4.26. The van der Waals surface area contributed by atoms with Crippen molar-refractivity contribution >= 4 is 34.2 Å². The Morgan fingerprint density at radius 2 is 2.21 bits per heavy atom. The number of benzene rings is 1. The number of halogens is 2. The van der Waals surface area contributed by atoms with E-state index in [0.717, 1.165) is 16.9 Å². The van der Waals surface area contributed by atoms with Gasteiger partial charge in [0.2, 0.25) is 0 Å². The van der Waals surface area contributed by atoms with E-state index in [-0.39, 0.29) is 0 Å². The van der Waals surface area contributed by atoms with Crippen molar-refractivity contribution in [3.63, 3.8) is 0 Å². The normalized spacial score (nSPS) is 25.3. The highest BCUT2D eigenvalue weighted by atomic mass is 127. The Morgan fingerprint density at radius 1 is 1.42 bits per heavy atom. The molecule has 1 aliphatic carbocycles. The molecule has 1 aliphatic rings. The van der Waals surface area contributed by atoms with E-state index in [2.05, 4.69) is 54.0 Å². The summed E-state index contributed by atoms with van der Waals surface area (Å²) in [6.45, 7) is 2.32. The maximum absolute atomic E-state index is 6.18. The molecule has 3 atom stereocenters. The molecular weight excluding hydrogens is 369 g/mol. The van der Waals surface area contributed by atoms with E-state index in [1.54, 1.807) is 0 Å². The third kappa shape index (κ3) is 3.85. The molecule has 0 amide bonds. The fourth-order valence-electron chi connectivity index (χ4n) is 3.40. The van der Waals surface area contributed by atoms with Crippen LogP contribution in [0.25, 0.3) is 0 Å². The van der Waals surface area contributed by atoms with Gasteiger partial charge >= 0.3 is 0 Å². The second-order valence-corrected chi connectivity index (χ2v) is 7.23. The molecule has 1 fully saturated rings. The van der Waals surface area contributed by atoms with E-state index in [1.807, 2.05) is 6.07 Å². The van der Waals surface area contributed by atoms with E-state index < -0.39 is 0 Å². The molecule has 1 nitrogen and oxygen atoms in total. The van der Waals surface area contributed by atoms with Crippen LogP contribution in [0.15, 0.2) is 18.2 Å². The predicted octanol–water partition coefficient (Wildman–Crippen LogP) is 5.42. The van der Waals surface area contributed by atoms with Gasteiger partial charge in [-0.15, -0.1) is 0 Å². The van der Waals surface area contributed by atoms with Gasteiger partial charge in [0.1, 0.15) is 0 Å². The maximum Gasteiger partial charge on any atom is 0.0410 e. The van der Waals surface area contributed by atoms with Gasteiger partial charge in [0, 0.05) is 14.6 Å². The molecule has 0 radical (unpaired) electrons. The minimum Gasteiger partial charge on any atom is -0.313 e. The summed E-state index contributed by atoms with van der Waals surface area (Å²) in [5, 5.41) is 4.38. The fraction of sp³-hybridized carbons (Fsp3) is 0.625. The number of nitrogens with one attached hydrogen (secondary N) is 1. The lowest BCUT2D eigenvalue weighted by molar-refractivity contribution is 0.214. The van der Waals surface area contributed by atoms with Crippen LogP contribution in [0.5, 0.6) is 0 Å². The summed E-state index contributed by atoms with van der Waals surface area (Å²) in [6.07, 6.45) is 6.79. The first-order valence-electron chi connectivity index (χ1n) is 7.28. The first kappa shape index (κ1) is 15.6. The van der Waals surface area contributed by atoms with Crippen molar-refractivity contribution in [2.24, 2.45) is 11.8 Å². The Morgan fingerprint density at radius 3 is 2.89 bits per heavy atom. The molecule has 1 aromatic carbocycles. The molecule has 19 heavy (non-hydrogen) atoms. The number of hydrogen-bond donors (Lipinski definition) is 1. The molecule has 3 unspecified atom stereocenters. The predicted molar refractivity (Wildman–Crippen MR) is 91.7 cm³/mol. The molecule has 1 saturated carbocycles. The minimum absolute atomic E-state index is 0.444. The molecule has 0 spiro atoms. The van der Waals surface area contributed by atoms with Crippen LogP contribution in [-0.4, -0.2) is 7.05 Å². The Bertz CT molecular complexity index is 421. The van der Waals surface area contributed by atoms with Crippen molar-refractivity contribution in [2.75, 3.05) is 7.05 Å². The first-order chi connectivity index (χ1) is 9.15. The average molecular weight is 392 g/mol. The second kappa shape index (κ2) is 7.28. The van der Waals surface area contributed by atoms with E-state index in [1.165, 1.54) is 41.2 Å².